The Morgan fingerprint density at radius 1 is 1.24 bits per heavy atom. The molecule has 0 bridgehead atoms. The van der Waals surface area contributed by atoms with Gasteiger partial charge in [0.2, 0.25) is 0 Å². The molecule has 136 valence electrons. The number of aromatic nitrogens is 2. The van der Waals surface area contributed by atoms with E-state index in [4.69, 9.17) is 0 Å². The van der Waals surface area contributed by atoms with Gasteiger partial charge >= 0.3 is 0 Å². The number of benzene rings is 1. The summed E-state index contributed by atoms with van der Waals surface area (Å²) in [4.78, 5) is 15.8. The summed E-state index contributed by atoms with van der Waals surface area (Å²) in [5.41, 5.74) is 1.78. The van der Waals surface area contributed by atoms with Crippen LogP contribution in [0.25, 0.3) is 0 Å². The molecule has 0 unspecified atom stereocenters. The molecule has 0 aliphatic carbocycles. The number of aliphatic imine (C=N–C) groups is 1. The van der Waals surface area contributed by atoms with Crippen LogP contribution in [0, 0.1) is 0 Å². The molecule has 0 aliphatic heterocycles. The number of hydrogen-bond donors (Lipinski definition) is 3. The van der Waals surface area contributed by atoms with Crippen LogP contribution < -0.4 is 16.0 Å². The first kappa shape index (κ1) is 20.9. The summed E-state index contributed by atoms with van der Waals surface area (Å²) in [6, 6.07) is 9.54. The molecule has 0 saturated heterocycles. The van der Waals surface area contributed by atoms with E-state index in [2.05, 4.69) is 26.0 Å². The van der Waals surface area contributed by atoms with Crippen molar-refractivity contribution in [2.24, 2.45) is 4.99 Å². The van der Waals surface area contributed by atoms with Gasteiger partial charge in [0.15, 0.2) is 5.96 Å². The normalized spacial score (nSPS) is 10.7. The van der Waals surface area contributed by atoms with E-state index in [0.717, 1.165) is 37.6 Å². The van der Waals surface area contributed by atoms with Crippen molar-refractivity contribution in [3.05, 3.63) is 53.9 Å². The van der Waals surface area contributed by atoms with E-state index >= 15 is 0 Å². The number of rotatable bonds is 7. The summed E-state index contributed by atoms with van der Waals surface area (Å²) in [5.74, 6) is 0.686. The standard InChI is InChI=1S/C17H24N6O.HI/c1-18-16(24)15-6-3-5-14(13-15)7-9-20-17(19-2)21-10-12-23-11-4-8-22-23;/h3-6,8,11,13H,7,9-10,12H2,1-2H3,(H,18,24)(H2,19,20,21);1H. The lowest BCUT2D eigenvalue weighted by molar-refractivity contribution is 0.0963. The summed E-state index contributed by atoms with van der Waals surface area (Å²) in [6.45, 7) is 2.26. The van der Waals surface area contributed by atoms with Crippen LogP contribution in [-0.2, 0) is 13.0 Å². The van der Waals surface area contributed by atoms with Crippen molar-refractivity contribution >= 4 is 35.8 Å². The number of hydrogen-bond acceptors (Lipinski definition) is 3. The minimum Gasteiger partial charge on any atom is -0.356 e. The van der Waals surface area contributed by atoms with Crippen LogP contribution in [0.4, 0.5) is 0 Å². The van der Waals surface area contributed by atoms with Gasteiger partial charge in [0.05, 0.1) is 6.54 Å². The molecule has 1 aromatic heterocycles. The Kier molecular flexibility index (Phi) is 9.60. The molecule has 7 nitrogen and oxygen atoms in total. The SMILES string of the molecule is CN=C(NCCc1cccc(C(=O)NC)c1)NCCn1cccn1.I. The quantitative estimate of drug-likeness (QED) is 0.333. The summed E-state index contributed by atoms with van der Waals surface area (Å²) in [7, 11) is 3.38. The number of carbonyl (C=O) groups is 1. The van der Waals surface area contributed by atoms with Crippen LogP contribution in [0.2, 0.25) is 0 Å². The summed E-state index contributed by atoms with van der Waals surface area (Å²) < 4.78 is 1.87. The smallest absolute Gasteiger partial charge is 0.251 e. The largest absolute Gasteiger partial charge is 0.356 e. The maximum atomic E-state index is 11.6. The van der Waals surface area contributed by atoms with E-state index in [9.17, 15) is 4.79 Å². The number of nitrogens with one attached hydrogen (secondary N) is 3. The minimum atomic E-state index is -0.0686. The van der Waals surface area contributed by atoms with Gasteiger partial charge in [-0.15, -0.1) is 24.0 Å². The fraction of sp³-hybridized carbons (Fsp3) is 0.353. The molecular weight excluding hydrogens is 431 g/mol. The fourth-order valence-electron chi connectivity index (χ4n) is 2.28. The predicted octanol–water partition coefficient (Wildman–Crippen LogP) is 1.27. The average molecular weight is 456 g/mol. The van der Waals surface area contributed by atoms with E-state index in [1.807, 2.05) is 41.2 Å². The van der Waals surface area contributed by atoms with Gasteiger partial charge in [0, 0.05) is 45.1 Å². The van der Waals surface area contributed by atoms with Crippen LogP contribution in [-0.4, -0.2) is 48.8 Å². The topological polar surface area (TPSA) is 83.3 Å². The highest BCUT2D eigenvalue weighted by Gasteiger charge is 2.04. The molecule has 0 atom stereocenters. The average Bonchev–Trinajstić information content (AvgIpc) is 3.13. The molecule has 0 fully saturated rings. The van der Waals surface area contributed by atoms with Crippen LogP contribution in [0.1, 0.15) is 15.9 Å². The van der Waals surface area contributed by atoms with Crippen LogP contribution in [0.15, 0.2) is 47.7 Å². The monoisotopic (exact) mass is 456 g/mol. The number of guanidine groups is 1. The number of amides is 1. The fourth-order valence-corrected chi connectivity index (χ4v) is 2.28. The van der Waals surface area contributed by atoms with Crippen LogP contribution in [0.5, 0.6) is 0 Å². The van der Waals surface area contributed by atoms with Crippen molar-refractivity contribution in [3.8, 4) is 0 Å². The van der Waals surface area contributed by atoms with Gasteiger partial charge in [-0.3, -0.25) is 14.5 Å². The molecule has 2 rings (SSSR count). The molecule has 1 aromatic carbocycles. The first-order valence-corrected chi connectivity index (χ1v) is 7.96. The Morgan fingerprint density at radius 2 is 2.04 bits per heavy atom. The summed E-state index contributed by atoms with van der Waals surface area (Å²) >= 11 is 0. The van der Waals surface area contributed by atoms with Gasteiger partial charge in [0.25, 0.3) is 5.91 Å². The molecule has 0 spiro atoms. The zero-order valence-corrected chi connectivity index (χ0v) is 16.9. The zero-order chi connectivity index (χ0) is 17.2. The lowest BCUT2D eigenvalue weighted by Crippen LogP contribution is -2.39. The highest BCUT2D eigenvalue weighted by Crippen LogP contribution is 2.05. The Bertz CT molecular complexity index is 672. The molecule has 25 heavy (non-hydrogen) atoms. The molecule has 0 aliphatic rings. The molecule has 8 heteroatoms. The third kappa shape index (κ3) is 7.12. The lowest BCUT2D eigenvalue weighted by Gasteiger charge is -2.12. The van der Waals surface area contributed by atoms with E-state index in [0.29, 0.717) is 5.56 Å². The highest BCUT2D eigenvalue weighted by atomic mass is 127. The van der Waals surface area contributed by atoms with Crippen molar-refractivity contribution in [3.63, 3.8) is 0 Å². The number of nitrogens with zero attached hydrogens (tertiary/aromatic N) is 3. The van der Waals surface area contributed by atoms with Crippen molar-refractivity contribution < 1.29 is 4.79 Å². The van der Waals surface area contributed by atoms with E-state index in [1.54, 1.807) is 20.3 Å². The van der Waals surface area contributed by atoms with Crippen molar-refractivity contribution in [2.75, 3.05) is 27.2 Å². The van der Waals surface area contributed by atoms with Crippen molar-refractivity contribution in [1.29, 1.82) is 0 Å². The van der Waals surface area contributed by atoms with Gasteiger partial charge in [-0.25, -0.2) is 0 Å². The number of carbonyl (C=O) groups excluding carboxylic acids is 1. The predicted molar refractivity (Wildman–Crippen MR) is 111 cm³/mol. The van der Waals surface area contributed by atoms with E-state index < -0.39 is 0 Å². The third-order valence-corrected chi connectivity index (χ3v) is 3.54. The third-order valence-electron chi connectivity index (χ3n) is 3.54. The van der Waals surface area contributed by atoms with Crippen LogP contribution >= 0.6 is 24.0 Å². The van der Waals surface area contributed by atoms with Gasteiger partial charge in [-0.1, -0.05) is 12.1 Å². The molecule has 2 aromatic rings. The second kappa shape index (κ2) is 11.5. The first-order chi connectivity index (χ1) is 11.7. The number of halogens is 1. The molecule has 0 saturated carbocycles. The Hall–Kier alpha value is -2.10. The van der Waals surface area contributed by atoms with Gasteiger partial charge in [-0.2, -0.15) is 5.10 Å². The van der Waals surface area contributed by atoms with E-state index in [-0.39, 0.29) is 29.9 Å². The van der Waals surface area contributed by atoms with Gasteiger partial charge in [-0.05, 0) is 30.2 Å². The maximum Gasteiger partial charge on any atom is 0.251 e. The zero-order valence-electron chi connectivity index (χ0n) is 14.5. The second-order valence-electron chi connectivity index (χ2n) is 5.22. The van der Waals surface area contributed by atoms with Gasteiger partial charge < -0.3 is 16.0 Å². The van der Waals surface area contributed by atoms with E-state index in [1.165, 1.54) is 0 Å². The first-order valence-electron chi connectivity index (χ1n) is 7.96. The summed E-state index contributed by atoms with van der Waals surface area (Å²) in [6.07, 6.45) is 4.50. The van der Waals surface area contributed by atoms with Crippen molar-refractivity contribution in [1.82, 2.24) is 25.7 Å². The van der Waals surface area contributed by atoms with Gasteiger partial charge in [0.1, 0.15) is 0 Å². The van der Waals surface area contributed by atoms with Crippen LogP contribution in [0.3, 0.4) is 0 Å². The summed E-state index contributed by atoms with van der Waals surface area (Å²) in [5, 5.41) is 13.3. The minimum absolute atomic E-state index is 0. The second-order valence-corrected chi connectivity index (χ2v) is 5.22. The Labute approximate surface area is 165 Å². The van der Waals surface area contributed by atoms with Crippen molar-refractivity contribution in [2.45, 2.75) is 13.0 Å². The molecule has 3 N–H and O–H groups in total. The Morgan fingerprint density at radius 3 is 2.72 bits per heavy atom. The highest BCUT2D eigenvalue weighted by molar-refractivity contribution is 14.0. The molecular formula is C17H25IN6O. The molecule has 1 heterocycles. The Balaban J connectivity index is 0.00000312. The maximum absolute atomic E-state index is 11.6. The molecule has 1 amide bonds. The lowest BCUT2D eigenvalue weighted by atomic mass is 10.1. The molecule has 0 radical (unpaired) electrons.